The maximum Gasteiger partial charge on any atom is 0.0881 e. The molecule has 1 aliphatic carbocycles. The fourth-order valence-electron chi connectivity index (χ4n) is 2.88. The maximum absolute atomic E-state index is 6.35. The van der Waals surface area contributed by atoms with Crippen LogP contribution in [0.1, 0.15) is 70.8 Å². The molecule has 7 N–H and O–H groups in total. The van der Waals surface area contributed by atoms with Gasteiger partial charge in [0.1, 0.15) is 0 Å². The van der Waals surface area contributed by atoms with Gasteiger partial charge in [-0.1, -0.05) is 53.5 Å². The van der Waals surface area contributed by atoms with Crippen LogP contribution in [0.25, 0.3) is 5.70 Å². The van der Waals surface area contributed by atoms with E-state index in [9.17, 15) is 0 Å². The Kier molecular flexibility index (Phi) is 13.5. The standard InChI is InChI=1S/C18H32N6.2C2H6/c1-4-15-12(2)5-8-16(23-15)18(20)17(24(3)21)11-22-10-14(19)9-13-6-7-13;2*1-2/h5,8,13-14,22H,4,6-7,9-11,19-21H2,1-3H3;2*1-2H3/b18-17-;;. The van der Waals surface area contributed by atoms with Crippen LogP contribution in [0.5, 0.6) is 0 Å². The second kappa shape index (κ2) is 14.4. The van der Waals surface area contributed by atoms with Gasteiger partial charge in [-0.15, -0.1) is 0 Å². The fourth-order valence-corrected chi connectivity index (χ4v) is 2.88. The molecule has 1 aromatic heterocycles. The van der Waals surface area contributed by atoms with Crippen molar-refractivity contribution in [2.45, 2.75) is 73.3 Å². The van der Waals surface area contributed by atoms with E-state index in [1.54, 1.807) is 12.1 Å². The van der Waals surface area contributed by atoms with Crippen molar-refractivity contribution in [3.63, 3.8) is 0 Å². The molecule has 1 atom stereocenters. The van der Waals surface area contributed by atoms with Gasteiger partial charge >= 0.3 is 0 Å². The van der Waals surface area contributed by atoms with Crippen LogP contribution in [0.3, 0.4) is 0 Å². The van der Waals surface area contributed by atoms with Crippen LogP contribution in [0.15, 0.2) is 17.8 Å². The number of nitrogens with zero attached hydrogens (tertiary/aromatic N) is 2. The number of hydrazine groups is 1. The molecule has 1 unspecified atom stereocenters. The Morgan fingerprint density at radius 2 is 1.86 bits per heavy atom. The zero-order valence-electron chi connectivity index (χ0n) is 19.2. The van der Waals surface area contributed by atoms with Gasteiger partial charge in [-0.2, -0.15) is 0 Å². The molecule has 0 spiro atoms. The van der Waals surface area contributed by atoms with Crippen LogP contribution in [0.4, 0.5) is 0 Å². The molecule has 1 aliphatic rings. The Hall–Kier alpha value is -1.63. The summed E-state index contributed by atoms with van der Waals surface area (Å²) >= 11 is 0. The number of nitrogens with one attached hydrogen (secondary N) is 1. The number of aromatic nitrogens is 1. The van der Waals surface area contributed by atoms with E-state index in [-0.39, 0.29) is 6.04 Å². The van der Waals surface area contributed by atoms with Crippen LogP contribution in [-0.4, -0.2) is 36.2 Å². The molecule has 6 nitrogen and oxygen atoms in total. The third-order valence-electron chi connectivity index (χ3n) is 4.58. The number of hydrogen-bond donors (Lipinski definition) is 4. The largest absolute Gasteiger partial charge is 0.395 e. The van der Waals surface area contributed by atoms with Gasteiger partial charge in [-0.25, -0.2) is 5.84 Å². The van der Waals surface area contributed by atoms with Crippen molar-refractivity contribution in [2.75, 3.05) is 20.1 Å². The van der Waals surface area contributed by atoms with E-state index in [4.69, 9.17) is 17.3 Å². The summed E-state index contributed by atoms with van der Waals surface area (Å²) in [4.78, 5) is 4.67. The molecule has 1 heterocycles. The first-order chi connectivity index (χ1) is 13.4. The number of hydrogen-bond acceptors (Lipinski definition) is 6. The first kappa shape index (κ1) is 26.4. The highest BCUT2D eigenvalue weighted by Gasteiger charge is 2.23. The molecular formula is C22H44N6. The first-order valence-electron chi connectivity index (χ1n) is 10.8. The lowest BCUT2D eigenvalue weighted by Gasteiger charge is -2.21. The summed E-state index contributed by atoms with van der Waals surface area (Å²) in [5.41, 5.74) is 16.9. The molecule has 6 heteroatoms. The normalized spacial score (nSPS) is 14.8. The molecule has 0 bridgehead atoms. The van der Waals surface area contributed by atoms with E-state index in [2.05, 4.69) is 30.2 Å². The lowest BCUT2D eigenvalue weighted by atomic mass is 10.1. The third kappa shape index (κ3) is 9.04. The fraction of sp³-hybridized carbons (Fsp3) is 0.682. The summed E-state index contributed by atoms with van der Waals surface area (Å²) in [6, 6.07) is 4.19. The molecule has 0 amide bonds. The zero-order valence-corrected chi connectivity index (χ0v) is 19.2. The van der Waals surface area contributed by atoms with E-state index in [1.165, 1.54) is 18.4 Å². The highest BCUT2D eigenvalue weighted by molar-refractivity contribution is 5.63. The van der Waals surface area contributed by atoms with Crippen molar-refractivity contribution in [3.8, 4) is 0 Å². The van der Waals surface area contributed by atoms with Gasteiger partial charge in [-0.3, -0.25) is 4.98 Å². The summed E-state index contributed by atoms with van der Waals surface area (Å²) in [7, 11) is 1.79. The molecule has 1 saturated carbocycles. The monoisotopic (exact) mass is 392 g/mol. The molecule has 0 aromatic carbocycles. The Morgan fingerprint density at radius 3 is 2.36 bits per heavy atom. The van der Waals surface area contributed by atoms with Crippen molar-refractivity contribution in [3.05, 3.63) is 34.8 Å². The SMILES string of the molecule is CC.CC.CCc1nc(/C(N)=C(\CNCC(N)CC2CC2)N(C)N)ccc1C. The average molecular weight is 393 g/mol. The Labute approximate surface area is 172 Å². The number of rotatable bonds is 9. The number of aryl methyl sites for hydroxylation is 2. The lowest BCUT2D eigenvalue weighted by Crippen LogP contribution is -2.39. The minimum atomic E-state index is 0.187. The summed E-state index contributed by atoms with van der Waals surface area (Å²) in [5, 5.41) is 4.94. The minimum absolute atomic E-state index is 0.187. The highest BCUT2D eigenvalue weighted by atomic mass is 15.4. The topological polar surface area (TPSA) is 106 Å². The van der Waals surface area contributed by atoms with Gasteiger partial charge in [-0.05, 0) is 37.3 Å². The van der Waals surface area contributed by atoms with Crippen LogP contribution in [0.2, 0.25) is 0 Å². The van der Waals surface area contributed by atoms with Gasteiger partial charge in [0.15, 0.2) is 0 Å². The molecule has 2 rings (SSSR count). The number of pyridine rings is 1. The van der Waals surface area contributed by atoms with Crippen LogP contribution in [-0.2, 0) is 6.42 Å². The quantitative estimate of drug-likeness (QED) is 0.380. The van der Waals surface area contributed by atoms with Gasteiger partial charge in [0.05, 0.1) is 17.1 Å². The zero-order chi connectivity index (χ0) is 21.7. The van der Waals surface area contributed by atoms with Crippen molar-refractivity contribution in [1.82, 2.24) is 15.3 Å². The molecular weight excluding hydrogens is 348 g/mol. The predicted octanol–water partition coefficient (Wildman–Crippen LogP) is 3.15. The van der Waals surface area contributed by atoms with E-state index in [1.807, 2.05) is 33.8 Å². The molecule has 1 fully saturated rings. The Balaban J connectivity index is 0.00000171. The summed E-state index contributed by atoms with van der Waals surface area (Å²) in [5.74, 6) is 6.82. The van der Waals surface area contributed by atoms with Crippen molar-refractivity contribution in [2.24, 2.45) is 23.2 Å². The summed E-state index contributed by atoms with van der Waals surface area (Å²) < 4.78 is 0. The Morgan fingerprint density at radius 1 is 1.25 bits per heavy atom. The first-order valence-corrected chi connectivity index (χ1v) is 10.8. The minimum Gasteiger partial charge on any atom is -0.395 e. The Bertz CT molecular complexity index is 578. The predicted molar refractivity (Wildman–Crippen MR) is 122 cm³/mol. The van der Waals surface area contributed by atoms with Crippen LogP contribution < -0.4 is 22.6 Å². The average Bonchev–Trinajstić information content (AvgIpc) is 3.52. The molecule has 162 valence electrons. The molecule has 1 aromatic rings. The van der Waals surface area contributed by atoms with Crippen molar-refractivity contribution >= 4 is 5.70 Å². The van der Waals surface area contributed by atoms with E-state index >= 15 is 0 Å². The smallest absolute Gasteiger partial charge is 0.0881 e. The third-order valence-corrected chi connectivity index (χ3v) is 4.58. The van der Waals surface area contributed by atoms with E-state index < -0.39 is 0 Å². The molecule has 0 saturated heterocycles. The summed E-state index contributed by atoms with van der Waals surface area (Å²) in [6.07, 6.45) is 4.64. The number of likely N-dealkylation sites (N-methyl/N-ethyl adjacent to an activating group) is 1. The highest BCUT2D eigenvalue weighted by Crippen LogP contribution is 2.32. The molecule has 28 heavy (non-hydrogen) atoms. The van der Waals surface area contributed by atoms with E-state index in [0.29, 0.717) is 12.2 Å². The van der Waals surface area contributed by atoms with Gasteiger partial charge in [0.2, 0.25) is 0 Å². The van der Waals surface area contributed by atoms with Crippen molar-refractivity contribution < 1.29 is 0 Å². The van der Waals surface area contributed by atoms with Crippen LogP contribution >= 0.6 is 0 Å². The van der Waals surface area contributed by atoms with Crippen molar-refractivity contribution in [1.29, 1.82) is 0 Å². The van der Waals surface area contributed by atoms with E-state index in [0.717, 1.165) is 42.4 Å². The van der Waals surface area contributed by atoms with Gasteiger partial charge < -0.3 is 21.8 Å². The summed E-state index contributed by atoms with van der Waals surface area (Å²) in [6.45, 7) is 13.5. The molecule has 0 aliphatic heterocycles. The van der Waals surface area contributed by atoms with Gasteiger partial charge in [0.25, 0.3) is 0 Å². The molecule has 0 radical (unpaired) electrons. The van der Waals surface area contributed by atoms with Crippen LogP contribution in [0, 0.1) is 12.8 Å². The second-order valence-corrected chi connectivity index (χ2v) is 6.85. The maximum atomic E-state index is 6.35. The lowest BCUT2D eigenvalue weighted by molar-refractivity contribution is 0.416. The second-order valence-electron chi connectivity index (χ2n) is 6.85. The number of nitrogens with two attached hydrogens (primary N) is 3. The van der Waals surface area contributed by atoms with Gasteiger partial charge in [0, 0.05) is 31.9 Å².